The van der Waals surface area contributed by atoms with Crippen molar-refractivity contribution in [3.8, 4) is 5.75 Å². The van der Waals surface area contributed by atoms with Crippen molar-refractivity contribution < 1.29 is 22.3 Å². The van der Waals surface area contributed by atoms with E-state index >= 15 is 0 Å². The van der Waals surface area contributed by atoms with E-state index < -0.39 is 6.36 Å². The summed E-state index contributed by atoms with van der Waals surface area (Å²) in [5.41, 5.74) is 2.48. The molecule has 1 aromatic heterocycles. The largest absolute Gasteiger partial charge is 0.573 e. The van der Waals surface area contributed by atoms with Gasteiger partial charge in [-0.2, -0.15) is 0 Å². The minimum atomic E-state index is -4.75. The molecule has 1 aliphatic rings. The van der Waals surface area contributed by atoms with Crippen LogP contribution in [-0.2, 0) is 0 Å². The Morgan fingerprint density at radius 3 is 2.44 bits per heavy atom. The van der Waals surface area contributed by atoms with Crippen LogP contribution in [-0.4, -0.2) is 15.9 Å². The number of nitrogens with zero attached hydrogens (tertiary/aromatic N) is 2. The normalized spacial score (nSPS) is 21.0. The molecule has 2 atom stereocenters. The standard InChI is InChI=1S/C24H27F4N3O/c1-14-10-19(25)21-20(11-14)31(17-9-15(2)12-23(3,4)13-17)22(30-21)29-16-5-7-18(8-6-16)32-24(26,27)28/h5-8,10-11,15,17H,9,12-13H2,1-4H3,(H,29,30)/t15-,17+/m0/s1. The highest BCUT2D eigenvalue weighted by Gasteiger charge is 2.35. The molecule has 1 N–H and O–H groups in total. The topological polar surface area (TPSA) is 39.1 Å². The lowest BCUT2D eigenvalue weighted by Crippen LogP contribution is -2.29. The van der Waals surface area contributed by atoms with Gasteiger partial charge in [-0.05, 0) is 79.5 Å². The first-order chi connectivity index (χ1) is 14.9. The van der Waals surface area contributed by atoms with Gasteiger partial charge in [-0.3, -0.25) is 0 Å². The first kappa shape index (κ1) is 22.4. The molecule has 0 unspecified atom stereocenters. The molecule has 1 fully saturated rings. The van der Waals surface area contributed by atoms with Gasteiger partial charge in [-0.25, -0.2) is 9.37 Å². The van der Waals surface area contributed by atoms with Crippen LogP contribution in [0.2, 0.25) is 0 Å². The van der Waals surface area contributed by atoms with Crippen molar-refractivity contribution >= 4 is 22.7 Å². The van der Waals surface area contributed by atoms with Gasteiger partial charge < -0.3 is 14.6 Å². The molecular formula is C24H27F4N3O. The molecule has 0 aliphatic heterocycles. The number of hydrogen-bond donors (Lipinski definition) is 1. The lowest BCUT2D eigenvalue weighted by Gasteiger charge is -2.40. The van der Waals surface area contributed by atoms with E-state index in [1.165, 1.54) is 30.3 Å². The van der Waals surface area contributed by atoms with Crippen molar-refractivity contribution in [2.45, 2.75) is 59.4 Å². The highest BCUT2D eigenvalue weighted by atomic mass is 19.4. The van der Waals surface area contributed by atoms with Gasteiger partial charge >= 0.3 is 6.36 Å². The summed E-state index contributed by atoms with van der Waals surface area (Å²) in [4.78, 5) is 4.54. The van der Waals surface area contributed by atoms with Crippen molar-refractivity contribution in [2.75, 3.05) is 5.32 Å². The van der Waals surface area contributed by atoms with E-state index in [4.69, 9.17) is 0 Å². The molecule has 1 heterocycles. The number of rotatable bonds is 4. The molecule has 3 aromatic rings. The highest BCUT2D eigenvalue weighted by molar-refractivity contribution is 5.81. The Labute approximate surface area is 184 Å². The van der Waals surface area contributed by atoms with Crippen LogP contribution in [0.15, 0.2) is 36.4 Å². The van der Waals surface area contributed by atoms with Crippen LogP contribution in [0.3, 0.4) is 0 Å². The van der Waals surface area contributed by atoms with E-state index in [2.05, 4.69) is 40.4 Å². The second-order valence-corrected chi connectivity index (χ2v) is 9.68. The predicted molar refractivity (Wildman–Crippen MR) is 117 cm³/mol. The molecule has 2 aromatic carbocycles. The summed E-state index contributed by atoms with van der Waals surface area (Å²) in [6.07, 6.45) is -1.77. The first-order valence-corrected chi connectivity index (χ1v) is 10.7. The second kappa shape index (κ2) is 7.98. The zero-order chi connectivity index (χ0) is 23.3. The summed E-state index contributed by atoms with van der Waals surface area (Å²) >= 11 is 0. The van der Waals surface area contributed by atoms with Crippen molar-refractivity contribution in [1.82, 2.24) is 9.55 Å². The lowest BCUT2D eigenvalue weighted by atomic mass is 9.70. The number of nitrogens with one attached hydrogen (secondary N) is 1. The van der Waals surface area contributed by atoms with Gasteiger partial charge in [0.2, 0.25) is 5.95 Å². The molecule has 0 saturated heterocycles. The van der Waals surface area contributed by atoms with Crippen LogP contribution in [0, 0.1) is 24.1 Å². The number of fused-ring (bicyclic) bond motifs is 1. The van der Waals surface area contributed by atoms with Crippen molar-refractivity contribution in [3.63, 3.8) is 0 Å². The number of benzene rings is 2. The Hall–Kier alpha value is -2.77. The Balaban J connectivity index is 1.74. The van der Waals surface area contributed by atoms with Gasteiger partial charge in [0.1, 0.15) is 11.3 Å². The SMILES string of the molecule is Cc1cc(F)c2nc(Nc3ccc(OC(F)(F)F)cc3)n([C@@H]3C[C@H](C)CC(C)(C)C3)c2c1. The third-order valence-corrected chi connectivity index (χ3v) is 5.97. The fourth-order valence-corrected chi connectivity index (χ4v) is 5.10. The summed E-state index contributed by atoms with van der Waals surface area (Å²) < 4.78 is 58.1. The third-order valence-electron chi connectivity index (χ3n) is 5.97. The zero-order valence-electron chi connectivity index (χ0n) is 18.6. The molecule has 172 valence electrons. The minimum Gasteiger partial charge on any atom is -0.406 e. The molecule has 0 bridgehead atoms. The minimum absolute atomic E-state index is 0.121. The van der Waals surface area contributed by atoms with Gasteiger partial charge in [-0.1, -0.05) is 20.8 Å². The maximum absolute atomic E-state index is 14.8. The molecular weight excluding hydrogens is 422 g/mol. The molecule has 4 nitrogen and oxygen atoms in total. The molecule has 4 rings (SSSR count). The maximum Gasteiger partial charge on any atom is 0.573 e. The Morgan fingerprint density at radius 2 is 1.81 bits per heavy atom. The Morgan fingerprint density at radius 1 is 1.12 bits per heavy atom. The van der Waals surface area contributed by atoms with E-state index in [1.807, 2.05) is 13.0 Å². The molecule has 1 aliphatic carbocycles. The quantitative estimate of drug-likeness (QED) is 0.419. The van der Waals surface area contributed by atoms with E-state index in [0.717, 1.165) is 30.3 Å². The number of imidazole rings is 1. The average molecular weight is 449 g/mol. The number of halogens is 4. The van der Waals surface area contributed by atoms with Crippen LogP contribution in [0.25, 0.3) is 11.0 Å². The monoisotopic (exact) mass is 449 g/mol. The fourth-order valence-electron chi connectivity index (χ4n) is 5.10. The number of aromatic nitrogens is 2. The predicted octanol–water partition coefficient (Wildman–Crippen LogP) is 7.51. The van der Waals surface area contributed by atoms with Crippen LogP contribution >= 0.6 is 0 Å². The number of alkyl halides is 3. The summed E-state index contributed by atoms with van der Waals surface area (Å²) in [7, 11) is 0. The van der Waals surface area contributed by atoms with Crippen LogP contribution in [0.5, 0.6) is 5.75 Å². The Kier molecular flexibility index (Phi) is 5.59. The maximum atomic E-state index is 14.8. The van der Waals surface area contributed by atoms with Gasteiger partial charge in [0, 0.05) is 11.7 Å². The highest BCUT2D eigenvalue weighted by Crippen LogP contribution is 2.46. The summed E-state index contributed by atoms with van der Waals surface area (Å²) in [6, 6.07) is 8.96. The average Bonchev–Trinajstić information content (AvgIpc) is 2.98. The molecule has 0 amide bonds. The molecule has 0 spiro atoms. The number of hydrogen-bond acceptors (Lipinski definition) is 3. The number of ether oxygens (including phenoxy) is 1. The number of aryl methyl sites for hydroxylation is 1. The second-order valence-electron chi connectivity index (χ2n) is 9.68. The molecule has 1 saturated carbocycles. The summed E-state index contributed by atoms with van der Waals surface area (Å²) in [5.74, 6) is 0.284. The first-order valence-electron chi connectivity index (χ1n) is 10.7. The lowest BCUT2D eigenvalue weighted by molar-refractivity contribution is -0.274. The number of anilines is 2. The Bertz CT molecular complexity index is 1120. The van der Waals surface area contributed by atoms with Gasteiger partial charge in [0.05, 0.1) is 5.52 Å². The van der Waals surface area contributed by atoms with Crippen molar-refractivity contribution in [3.05, 3.63) is 47.8 Å². The van der Waals surface area contributed by atoms with E-state index in [9.17, 15) is 17.6 Å². The van der Waals surface area contributed by atoms with E-state index in [0.29, 0.717) is 17.6 Å². The fraction of sp³-hybridized carbons (Fsp3) is 0.458. The third kappa shape index (κ3) is 4.84. The summed E-state index contributed by atoms with van der Waals surface area (Å²) in [5, 5.41) is 3.19. The van der Waals surface area contributed by atoms with E-state index in [1.54, 1.807) is 0 Å². The zero-order valence-corrected chi connectivity index (χ0v) is 18.6. The van der Waals surface area contributed by atoms with Crippen molar-refractivity contribution in [2.24, 2.45) is 11.3 Å². The van der Waals surface area contributed by atoms with Crippen LogP contribution in [0.4, 0.5) is 29.2 Å². The summed E-state index contributed by atoms with van der Waals surface area (Å²) in [6.45, 7) is 8.56. The van der Waals surface area contributed by atoms with Crippen LogP contribution in [0.1, 0.15) is 51.6 Å². The van der Waals surface area contributed by atoms with Gasteiger partial charge in [-0.15, -0.1) is 13.2 Å². The van der Waals surface area contributed by atoms with Crippen LogP contribution < -0.4 is 10.1 Å². The van der Waals surface area contributed by atoms with E-state index in [-0.39, 0.29) is 28.5 Å². The van der Waals surface area contributed by atoms with Crippen molar-refractivity contribution in [1.29, 1.82) is 0 Å². The van der Waals surface area contributed by atoms with Gasteiger partial charge in [0.25, 0.3) is 0 Å². The smallest absolute Gasteiger partial charge is 0.406 e. The molecule has 8 heteroatoms. The molecule has 0 radical (unpaired) electrons. The molecule has 32 heavy (non-hydrogen) atoms. The van der Waals surface area contributed by atoms with Gasteiger partial charge in [0.15, 0.2) is 5.82 Å².